The summed E-state index contributed by atoms with van der Waals surface area (Å²) in [7, 11) is 2.76. The third-order valence-corrected chi connectivity index (χ3v) is 3.77. The first-order valence-corrected chi connectivity index (χ1v) is 8.07. The molecule has 0 aliphatic heterocycles. The van der Waals surface area contributed by atoms with Gasteiger partial charge < -0.3 is 19.5 Å². The molecule has 2 aromatic carbocycles. The number of benzene rings is 2. The fraction of sp³-hybridized carbons (Fsp3) is 0.263. The molecule has 0 heterocycles. The molecule has 0 saturated carbocycles. The highest BCUT2D eigenvalue weighted by Crippen LogP contribution is 2.34. The minimum atomic E-state index is -4.64. The number of rotatable bonds is 6. The fourth-order valence-corrected chi connectivity index (χ4v) is 2.32. The van der Waals surface area contributed by atoms with Crippen LogP contribution >= 0.6 is 0 Å². The lowest BCUT2D eigenvalue weighted by atomic mass is 10.1. The molecule has 0 radical (unpaired) electrons. The predicted molar refractivity (Wildman–Crippen MR) is 94.5 cm³/mol. The average molecular weight is 397 g/mol. The highest BCUT2D eigenvalue weighted by Gasteiger charge is 2.34. The van der Waals surface area contributed by atoms with Crippen LogP contribution in [0.15, 0.2) is 42.5 Å². The molecule has 2 rings (SSSR count). The summed E-state index contributed by atoms with van der Waals surface area (Å²) < 4.78 is 54.2. The molecule has 0 spiro atoms. The van der Waals surface area contributed by atoms with E-state index in [9.17, 15) is 22.8 Å². The topological polar surface area (TPSA) is 73.9 Å². The van der Waals surface area contributed by atoms with Crippen LogP contribution in [0.1, 0.15) is 22.8 Å². The number of alkyl halides is 3. The van der Waals surface area contributed by atoms with Crippen molar-refractivity contribution in [3.8, 4) is 11.5 Å². The van der Waals surface area contributed by atoms with Crippen molar-refractivity contribution in [2.24, 2.45) is 0 Å². The number of halogens is 3. The molecule has 0 bridgehead atoms. The zero-order valence-electron chi connectivity index (χ0n) is 15.3. The van der Waals surface area contributed by atoms with Crippen molar-refractivity contribution in [1.82, 2.24) is 0 Å². The van der Waals surface area contributed by atoms with Crippen molar-refractivity contribution in [1.29, 1.82) is 0 Å². The Kier molecular flexibility index (Phi) is 6.50. The molecule has 0 aliphatic rings. The molecule has 0 fully saturated rings. The van der Waals surface area contributed by atoms with Crippen molar-refractivity contribution in [3.05, 3.63) is 53.6 Å². The van der Waals surface area contributed by atoms with Gasteiger partial charge in [-0.15, -0.1) is 0 Å². The Balaban J connectivity index is 2.15. The van der Waals surface area contributed by atoms with E-state index in [2.05, 4.69) is 5.32 Å². The fourth-order valence-electron chi connectivity index (χ4n) is 2.32. The molecule has 0 aliphatic carbocycles. The quantitative estimate of drug-likeness (QED) is 0.749. The average Bonchev–Trinajstić information content (AvgIpc) is 2.66. The SMILES string of the molecule is COc1ccc(OC)c(C(=O)OC(C)C(=O)Nc2ccccc2C(F)(F)F)c1. The van der Waals surface area contributed by atoms with Gasteiger partial charge in [0, 0.05) is 0 Å². The second-order valence-corrected chi connectivity index (χ2v) is 5.65. The summed E-state index contributed by atoms with van der Waals surface area (Å²) in [5.41, 5.74) is -1.42. The number of methoxy groups -OCH3 is 2. The van der Waals surface area contributed by atoms with E-state index in [0.29, 0.717) is 5.75 Å². The molecule has 9 heteroatoms. The van der Waals surface area contributed by atoms with E-state index in [0.717, 1.165) is 12.1 Å². The Labute approximate surface area is 159 Å². The second-order valence-electron chi connectivity index (χ2n) is 5.65. The van der Waals surface area contributed by atoms with Crippen molar-refractivity contribution in [2.45, 2.75) is 19.2 Å². The van der Waals surface area contributed by atoms with Gasteiger partial charge in [-0.1, -0.05) is 12.1 Å². The molecular formula is C19H18F3NO5. The van der Waals surface area contributed by atoms with Crippen molar-refractivity contribution >= 4 is 17.6 Å². The Morgan fingerprint density at radius 3 is 2.32 bits per heavy atom. The Morgan fingerprint density at radius 1 is 1.04 bits per heavy atom. The summed E-state index contributed by atoms with van der Waals surface area (Å²) in [6.07, 6.45) is -6.00. The maximum absolute atomic E-state index is 13.0. The molecule has 28 heavy (non-hydrogen) atoms. The third kappa shape index (κ3) is 4.93. The van der Waals surface area contributed by atoms with E-state index in [-0.39, 0.29) is 11.3 Å². The maximum atomic E-state index is 13.0. The summed E-state index contributed by atoms with van der Waals surface area (Å²) in [4.78, 5) is 24.6. The number of nitrogens with one attached hydrogen (secondary N) is 1. The molecule has 1 amide bonds. The number of carbonyl (C=O) groups excluding carboxylic acids is 2. The van der Waals surface area contributed by atoms with E-state index >= 15 is 0 Å². The third-order valence-electron chi connectivity index (χ3n) is 3.77. The van der Waals surface area contributed by atoms with Crippen LogP contribution in [0.3, 0.4) is 0 Å². The lowest BCUT2D eigenvalue weighted by Gasteiger charge is -2.17. The van der Waals surface area contributed by atoms with Gasteiger partial charge in [0.2, 0.25) is 0 Å². The summed E-state index contributed by atoms with van der Waals surface area (Å²) in [6.45, 7) is 1.25. The van der Waals surface area contributed by atoms with Gasteiger partial charge in [0.25, 0.3) is 5.91 Å². The van der Waals surface area contributed by atoms with Crippen molar-refractivity contribution < 1.29 is 37.0 Å². The summed E-state index contributed by atoms with van der Waals surface area (Å²) in [5, 5.41) is 2.13. The number of carbonyl (C=O) groups is 2. The van der Waals surface area contributed by atoms with Gasteiger partial charge in [0.1, 0.15) is 17.1 Å². The van der Waals surface area contributed by atoms with E-state index in [1.54, 1.807) is 6.07 Å². The van der Waals surface area contributed by atoms with Gasteiger partial charge in [-0.05, 0) is 37.3 Å². The maximum Gasteiger partial charge on any atom is 0.418 e. The van der Waals surface area contributed by atoms with E-state index < -0.39 is 35.4 Å². The Hall–Kier alpha value is -3.23. The smallest absolute Gasteiger partial charge is 0.418 e. The summed E-state index contributed by atoms with van der Waals surface area (Å²) in [5.74, 6) is -1.24. The number of amides is 1. The van der Waals surface area contributed by atoms with Crippen LogP contribution < -0.4 is 14.8 Å². The first-order chi connectivity index (χ1) is 13.2. The lowest BCUT2D eigenvalue weighted by Crippen LogP contribution is -2.31. The molecule has 1 N–H and O–H groups in total. The standard InChI is InChI=1S/C19H18F3NO5/c1-11(17(24)23-15-7-5-4-6-14(15)19(20,21)22)28-18(25)13-10-12(26-2)8-9-16(13)27-3/h4-11H,1-3H3,(H,23,24). The van der Waals surface area contributed by atoms with Crippen LogP contribution in [0, 0.1) is 0 Å². The van der Waals surface area contributed by atoms with E-state index in [1.807, 2.05) is 0 Å². The molecular weight excluding hydrogens is 379 g/mol. The first kappa shape index (κ1) is 21.1. The molecule has 0 aromatic heterocycles. The molecule has 6 nitrogen and oxygen atoms in total. The summed E-state index contributed by atoms with van der Waals surface area (Å²) in [6, 6.07) is 8.93. The second kappa shape index (κ2) is 8.64. The summed E-state index contributed by atoms with van der Waals surface area (Å²) >= 11 is 0. The number of anilines is 1. The largest absolute Gasteiger partial charge is 0.497 e. The van der Waals surface area contributed by atoms with Crippen LogP contribution in [0.5, 0.6) is 11.5 Å². The molecule has 1 atom stereocenters. The van der Waals surface area contributed by atoms with Gasteiger partial charge in [0.05, 0.1) is 25.5 Å². The van der Waals surface area contributed by atoms with Crippen molar-refractivity contribution in [2.75, 3.05) is 19.5 Å². The lowest BCUT2D eigenvalue weighted by molar-refractivity contribution is -0.137. The van der Waals surface area contributed by atoms with Gasteiger partial charge >= 0.3 is 12.1 Å². The normalized spacial score (nSPS) is 12.1. The van der Waals surface area contributed by atoms with Crippen LogP contribution in [0.4, 0.5) is 18.9 Å². The van der Waals surface area contributed by atoms with Crippen LogP contribution in [0.2, 0.25) is 0 Å². The predicted octanol–water partition coefficient (Wildman–Crippen LogP) is 3.91. The monoisotopic (exact) mass is 397 g/mol. The highest BCUT2D eigenvalue weighted by atomic mass is 19.4. The van der Waals surface area contributed by atoms with Crippen LogP contribution in [-0.4, -0.2) is 32.2 Å². The van der Waals surface area contributed by atoms with Crippen LogP contribution in [0.25, 0.3) is 0 Å². The molecule has 0 saturated heterocycles. The van der Waals surface area contributed by atoms with Gasteiger partial charge in [-0.25, -0.2) is 4.79 Å². The molecule has 150 valence electrons. The number of para-hydroxylation sites is 1. The van der Waals surface area contributed by atoms with E-state index in [4.69, 9.17) is 14.2 Å². The van der Waals surface area contributed by atoms with Gasteiger partial charge in [-0.3, -0.25) is 4.79 Å². The Morgan fingerprint density at radius 2 is 1.71 bits per heavy atom. The number of hydrogen-bond acceptors (Lipinski definition) is 5. The Bertz CT molecular complexity index is 867. The van der Waals surface area contributed by atoms with Gasteiger partial charge in [-0.2, -0.15) is 13.2 Å². The van der Waals surface area contributed by atoms with Crippen molar-refractivity contribution in [3.63, 3.8) is 0 Å². The number of esters is 1. The molecule has 2 aromatic rings. The minimum Gasteiger partial charge on any atom is -0.497 e. The first-order valence-electron chi connectivity index (χ1n) is 8.07. The number of hydrogen-bond donors (Lipinski definition) is 1. The van der Waals surface area contributed by atoms with Crippen LogP contribution in [-0.2, 0) is 15.7 Å². The zero-order chi connectivity index (χ0) is 20.9. The van der Waals surface area contributed by atoms with Gasteiger partial charge in [0.15, 0.2) is 6.10 Å². The minimum absolute atomic E-state index is 0.0113. The van der Waals surface area contributed by atoms with E-state index in [1.165, 1.54) is 45.4 Å². The number of ether oxygens (including phenoxy) is 3. The zero-order valence-corrected chi connectivity index (χ0v) is 15.3. The highest BCUT2D eigenvalue weighted by molar-refractivity contribution is 5.98. The molecule has 1 unspecified atom stereocenters.